The first-order valence-electron chi connectivity index (χ1n) is 21.6. The van der Waals surface area contributed by atoms with E-state index < -0.39 is 12.2 Å². The van der Waals surface area contributed by atoms with Gasteiger partial charge in [-0.15, -0.1) is 0 Å². The fourth-order valence-electron chi connectivity index (χ4n) is 6.78. The highest BCUT2D eigenvalue weighted by molar-refractivity contribution is 5.95. The lowest BCUT2D eigenvalue weighted by atomic mass is 9.90. The molecule has 0 saturated carbocycles. The molecule has 1 aliphatic carbocycles. The summed E-state index contributed by atoms with van der Waals surface area (Å²) in [7, 11) is 0. The number of esters is 2. The molecule has 0 radical (unpaired) electrons. The Bertz CT molecular complexity index is 971. The van der Waals surface area contributed by atoms with Crippen molar-refractivity contribution in [2.24, 2.45) is 11.8 Å². The van der Waals surface area contributed by atoms with Crippen LogP contribution in [-0.4, -0.2) is 53.4 Å². The molecule has 0 aromatic carbocycles. The van der Waals surface area contributed by atoms with Crippen molar-refractivity contribution in [3.8, 4) is 0 Å². The first kappa shape index (κ1) is 47.8. The van der Waals surface area contributed by atoms with Crippen LogP contribution in [0.2, 0.25) is 0 Å². The smallest absolute Gasteiger partial charge is 0.306 e. The molecule has 0 aromatic heterocycles. The number of unbranched alkanes of at least 4 members (excludes halogenated alkanes) is 21. The summed E-state index contributed by atoms with van der Waals surface area (Å²) in [5.74, 6) is -0.816. The molecule has 0 saturated heterocycles. The van der Waals surface area contributed by atoms with Crippen LogP contribution >= 0.6 is 0 Å². The average molecular weight is 731 g/mol. The molecular weight excluding hydrogens is 652 g/mol. The Kier molecular flexibility index (Phi) is 31.7. The molecule has 0 heterocycles. The molecule has 0 unspecified atom stereocenters. The molecule has 4 atom stereocenters. The van der Waals surface area contributed by atoms with Crippen LogP contribution in [0.15, 0.2) is 36.5 Å². The van der Waals surface area contributed by atoms with Gasteiger partial charge in [-0.1, -0.05) is 179 Å². The minimum absolute atomic E-state index is 0.0748. The summed E-state index contributed by atoms with van der Waals surface area (Å²) in [6.45, 7) is 3.89. The molecule has 7 nitrogen and oxygen atoms in total. The Morgan fingerprint density at radius 3 is 1.79 bits per heavy atom. The van der Waals surface area contributed by atoms with Crippen LogP contribution in [0, 0.1) is 11.8 Å². The lowest BCUT2D eigenvalue weighted by molar-refractivity contribution is -0.161. The highest BCUT2D eigenvalue weighted by atomic mass is 16.6. The van der Waals surface area contributed by atoms with Crippen LogP contribution in [0.1, 0.15) is 194 Å². The zero-order chi connectivity index (χ0) is 37.9. The van der Waals surface area contributed by atoms with Gasteiger partial charge in [0.2, 0.25) is 0 Å². The maximum Gasteiger partial charge on any atom is 0.306 e. The predicted molar refractivity (Wildman–Crippen MR) is 214 cm³/mol. The summed E-state index contributed by atoms with van der Waals surface area (Å²) in [6, 6.07) is 0. The second-order valence-electron chi connectivity index (χ2n) is 15.1. The standard InChI is InChI=1S/C45H78O7/c1-3-5-7-8-9-10-11-12-13-14-15-16-17-18-19-20-21-22-28-32-45(50)52-41(37-46)38-51-44(49)31-27-24-23-26-29-39-33-36-43(48)42(39)35-34-40(47)30-25-6-4-2/h23,26,33-36,39-42,46-47H,3-22,24-25,27-32,37-38H2,1-2H3/b26-23-,35-34+/t39-,40-,41-,42+/m0/s1. The number of ketones is 1. The summed E-state index contributed by atoms with van der Waals surface area (Å²) in [6.07, 6.45) is 41.2. The summed E-state index contributed by atoms with van der Waals surface area (Å²) >= 11 is 0. The van der Waals surface area contributed by atoms with E-state index in [1.165, 1.54) is 103 Å². The molecule has 0 aromatic rings. The van der Waals surface area contributed by atoms with Gasteiger partial charge in [0.15, 0.2) is 11.9 Å². The molecule has 0 aliphatic heterocycles. The van der Waals surface area contributed by atoms with E-state index in [-0.39, 0.29) is 49.2 Å². The maximum atomic E-state index is 12.3. The molecule has 300 valence electrons. The Morgan fingerprint density at radius 1 is 0.712 bits per heavy atom. The Hall–Kier alpha value is -2.25. The van der Waals surface area contributed by atoms with Crippen LogP contribution in [0.4, 0.5) is 0 Å². The van der Waals surface area contributed by atoms with Crippen molar-refractivity contribution in [2.45, 2.75) is 206 Å². The number of rotatable bonds is 36. The van der Waals surface area contributed by atoms with Crippen LogP contribution in [0.5, 0.6) is 0 Å². The average Bonchev–Trinajstić information content (AvgIpc) is 3.49. The normalized spacial score (nSPS) is 17.0. The summed E-state index contributed by atoms with van der Waals surface area (Å²) in [5.41, 5.74) is 0. The van der Waals surface area contributed by atoms with E-state index in [4.69, 9.17) is 9.47 Å². The first-order chi connectivity index (χ1) is 25.4. The third kappa shape index (κ3) is 27.4. The summed E-state index contributed by atoms with van der Waals surface area (Å²) < 4.78 is 10.6. The molecule has 1 rings (SSSR count). The van der Waals surface area contributed by atoms with Gasteiger partial charge in [0.1, 0.15) is 6.61 Å². The van der Waals surface area contributed by atoms with Crippen molar-refractivity contribution in [3.63, 3.8) is 0 Å². The monoisotopic (exact) mass is 731 g/mol. The third-order valence-corrected chi connectivity index (χ3v) is 10.2. The number of hydrogen-bond acceptors (Lipinski definition) is 7. The highest BCUT2D eigenvalue weighted by Gasteiger charge is 2.27. The van der Waals surface area contributed by atoms with Crippen molar-refractivity contribution in [1.29, 1.82) is 0 Å². The molecule has 0 spiro atoms. The van der Waals surface area contributed by atoms with Crippen molar-refractivity contribution in [1.82, 2.24) is 0 Å². The van der Waals surface area contributed by atoms with Crippen molar-refractivity contribution < 1.29 is 34.1 Å². The van der Waals surface area contributed by atoms with Gasteiger partial charge in [0.05, 0.1) is 12.7 Å². The number of ether oxygens (including phenoxy) is 2. The Labute approximate surface area is 318 Å². The molecule has 0 bridgehead atoms. The fourth-order valence-corrected chi connectivity index (χ4v) is 6.78. The Balaban J connectivity index is 2.01. The minimum Gasteiger partial charge on any atom is -0.462 e. The molecule has 0 amide bonds. The van der Waals surface area contributed by atoms with Crippen molar-refractivity contribution in [3.05, 3.63) is 36.5 Å². The van der Waals surface area contributed by atoms with Gasteiger partial charge in [-0.3, -0.25) is 14.4 Å². The molecule has 52 heavy (non-hydrogen) atoms. The van der Waals surface area contributed by atoms with Crippen LogP contribution in [-0.2, 0) is 23.9 Å². The van der Waals surface area contributed by atoms with Crippen LogP contribution in [0.3, 0.4) is 0 Å². The number of hydrogen-bond donors (Lipinski definition) is 2. The zero-order valence-electron chi connectivity index (χ0n) is 33.4. The number of carbonyl (C=O) groups is 3. The van der Waals surface area contributed by atoms with E-state index in [0.717, 1.165) is 51.4 Å². The van der Waals surface area contributed by atoms with Crippen LogP contribution in [0.25, 0.3) is 0 Å². The minimum atomic E-state index is -0.835. The number of carbonyl (C=O) groups excluding carboxylic acids is 3. The van der Waals surface area contributed by atoms with E-state index >= 15 is 0 Å². The molecule has 1 aliphatic rings. The van der Waals surface area contributed by atoms with Gasteiger partial charge in [0.25, 0.3) is 0 Å². The quantitative estimate of drug-likeness (QED) is 0.0375. The lowest BCUT2D eigenvalue weighted by Crippen LogP contribution is -2.28. The van der Waals surface area contributed by atoms with Crippen molar-refractivity contribution in [2.75, 3.05) is 13.2 Å². The third-order valence-electron chi connectivity index (χ3n) is 10.2. The van der Waals surface area contributed by atoms with E-state index in [1.807, 2.05) is 24.3 Å². The largest absolute Gasteiger partial charge is 0.462 e. The topological polar surface area (TPSA) is 110 Å². The molecule has 7 heteroatoms. The number of aliphatic hydroxyl groups is 2. The van der Waals surface area contributed by atoms with E-state index in [1.54, 1.807) is 12.2 Å². The van der Waals surface area contributed by atoms with Crippen molar-refractivity contribution >= 4 is 17.7 Å². The van der Waals surface area contributed by atoms with Crippen LogP contribution < -0.4 is 0 Å². The fraction of sp³-hybridized carbons (Fsp3) is 0.800. The van der Waals surface area contributed by atoms with Gasteiger partial charge in [-0.25, -0.2) is 0 Å². The number of allylic oxidation sites excluding steroid dienone is 5. The van der Waals surface area contributed by atoms with Gasteiger partial charge < -0.3 is 19.7 Å². The zero-order valence-corrected chi connectivity index (χ0v) is 33.4. The second kappa shape index (κ2) is 34.5. The molecular formula is C45H78O7. The lowest BCUT2D eigenvalue weighted by Gasteiger charge is -2.15. The summed E-state index contributed by atoms with van der Waals surface area (Å²) in [5, 5.41) is 19.8. The predicted octanol–water partition coefficient (Wildman–Crippen LogP) is 11.2. The summed E-state index contributed by atoms with van der Waals surface area (Å²) in [4.78, 5) is 36.7. The highest BCUT2D eigenvalue weighted by Crippen LogP contribution is 2.27. The van der Waals surface area contributed by atoms with E-state index in [9.17, 15) is 24.6 Å². The maximum absolute atomic E-state index is 12.3. The van der Waals surface area contributed by atoms with Gasteiger partial charge in [-0.2, -0.15) is 0 Å². The first-order valence-corrected chi connectivity index (χ1v) is 21.6. The SMILES string of the molecule is CCCCCCCCCCCCCCCCCCCCCC(=O)O[C@@H](CO)COC(=O)CCC/C=C\C[C@H]1C=CC(=O)[C@@H]1/C=C/[C@@H](O)CCCCC. The van der Waals surface area contributed by atoms with Gasteiger partial charge >= 0.3 is 11.9 Å². The van der Waals surface area contributed by atoms with Gasteiger partial charge in [0, 0.05) is 18.8 Å². The second-order valence-corrected chi connectivity index (χ2v) is 15.1. The van der Waals surface area contributed by atoms with E-state index in [2.05, 4.69) is 13.8 Å². The Morgan fingerprint density at radius 2 is 1.23 bits per heavy atom. The van der Waals surface area contributed by atoms with E-state index in [0.29, 0.717) is 19.3 Å². The molecule has 0 fully saturated rings. The number of aliphatic hydroxyl groups excluding tert-OH is 2. The van der Waals surface area contributed by atoms with Gasteiger partial charge in [-0.05, 0) is 44.1 Å². The molecule has 2 N–H and O–H groups in total.